The van der Waals surface area contributed by atoms with Crippen LogP contribution in [0.15, 0.2) is 47.0 Å². The van der Waals surface area contributed by atoms with E-state index in [1.54, 1.807) is 24.3 Å². The number of hydrogen-bond donors (Lipinski definition) is 1. The van der Waals surface area contributed by atoms with Crippen molar-refractivity contribution in [3.05, 3.63) is 58.3 Å². The van der Waals surface area contributed by atoms with Gasteiger partial charge in [-0.05, 0) is 35.9 Å². The van der Waals surface area contributed by atoms with Crippen molar-refractivity contribution in [1.82, 2.24) is 5.16 Å². The molecule has 0 unspecified atom stereocenters. The minimum atomic E-state index is -0.456. The third kappa shape index (κ3) is 2.60. The van der Waals surface area contributed by atoms with Crippen LogP contribution in [0.5, 0.6) is 0 Å². The topological polar surface area (TPSA) is 52.0 Å². The summed E-state index contributed by atoms with van der Waals surface area (Å²) in [7, 11) is 0. The highest BCUT2D eigenvalue weighted by molar-refractivity contribution is 6.31. The largest absolute Gasteiger partial charge is 0.367 e. The van der Waals surface area contributed by atoms with E-state index in [2.05, 4.69) is 5.16 Å². The zero-order valence-corrected chi connectivity index (χ0v) is 12.1. The Hall–Kier alpha value is -2.04. The van der Waals surface area contributed by atoms with Gasteiger partial charge in [-0.15, -0.1) is 0 Å². The van der Waals surface area contributed by atoms with E-state index < -0.39 is 5.82 Å². The predicted octanol–water partition coefficient (Wildman–Crippen LogP) is 5.04. The molecule has 1 heterocycles. The number of halogens is 3. The summed E-state index contributed by atoms with van der Waals surface area (Å²) in [6, 6.07) is 11.2. The number of hydrogen-bond acceptors (Lipinski definition) is 3. The van der Waals surface area contributed by atoms with Gasteiger partial charge in [0.2, 0.25) is 5.88 Å². The number of nitrogens with two attached hydrogens (primary N) is 1. The minimum Gasteiger partial charge on any atom is -0.367 e. The lowest BCUT2D eigenvalue weighted by Gasteiger charge is -2.05. The van der Waals surface area contributed by atoms with Crippen LogP contribution >= 0.6 is 23.2 Å². The molecule has 0 bridgehead atoms. The van der Waals surface area contributed by atoms with Crippen molar-refractivity contribution in [2.24, 2.45) is 0 Å². The van der Waals surface area contributed by atoms with Gasteiger partial charge in [0.15, 0.2) is 0 Å². The summed E-state index contributed by atoms with van der Waals surface area (Å²) in [5, 5.41) is 4.84. The second kappa shape index (κ2) is 5.39. The molecule has 106 valence electrons. The van der Waals surface area contributed by atoms with E-state index >= 15 is 0 Å². The Bertz CT molecular complexity index is 800. The zero-order chi connectivity index (χ0) is 15.0. The molecule has 0 atom stereocenters. The Balaban J connectivity index is 2.21. The summed E-state index contributed by atoms with van der Waals surface area (Å²) < 4.78 is 19.0. The van der Waals surface area contributed by atoms with Crippen LogP contribution in [0.2, 0.25) is 10.0 Å². The summed E-state index contributed by atoms with van der Waals surface area (Å²) in [4.78, 5) is 0. The Morgan fingerprint density at radius 3 is 2.38 bits per heavy atom. The first-order valence-electron chi connectivity index (χ1n) is 6.03. The predicted molar refractivity (Wildman–Crippen MR) is 81.8 cm³/mol. The van der Waals surface area contributed by atoms with Crippen molar-refractivity contribution < 1.29 is 8.91 Å². The van der Waals surface area contributed by atoms with Gasteiger partial charge in [0.25, 0.3) is 0 Å². The van der Waals surface area contributed by atoms with Gasteiger partial charge >= 0.3 is 0 Å². The van der Waals surface area contributed by atoms with E-state index in [4.69, 9.17) is 33.5 Å². The third-order valence-electron chi connectivity index (χ3n) is 3.03. The minimum absolute atomic E-state index is 0.103. The van der Waals surface area contributed by atoms with Gasteiger partial charge in [0.05, 0.1) is 5.56 Å². The molecular weight excluding hydrogens is 314 g/mol. The van der Waals surface area contributed by atoms with Crippen molar-refractivity contribution >= 4 is 29.1 Å². The van der Waals surface area contributed by atoms with Crippen molar-refractivity contribution in [3.8, 4) is 22.4 Å². The summed E-state index contributed by atoms with van der Waals surface area (Å²) in [6.07, 6.45) is 0. The van der Waals surface area contributed by atoms with Crippen molar-refractivity contribution in [2.75, 3.05) is 5.73 Å². The smallest absolute Gasteiger partial charge is 0.230 e. The summed E-state index contributed by atoms with van der Waals surface area (Å²) >= 11 is 11.8. The lowest BCUT2D eigenvalue weighted by molar-refractivity contribution is 0.439. The number of benzene rings is 2. The molecule has 2 aromatic carbocycles. The van der Waals surface area contributed by atoms with E-state index in [-0.39, 0.29) is 11.4 Å². The van der Waals surface area contributed by atoms with E-state index in [1.165, 1.54) is 18.2 Å². The first-order chi connectivity index (χ1) is 10.1. The SMILES string of the molecule is Nc1onc(-c2cc(Cl)ccc2F)c1-c1ccc(Cl)cc1. The molecule has 1 aromatic heterocycles. The van der Waals surface area contributed by atoms with Crippen LogP contribution in [-0.2, 0) is 0 Å². The molecular formula is C15H9Cl2FN2O. The van der Waals surface area contributed by atoms with Crippen LogP contribution in [0.1, 0.15) is 0 Å². The molecule has 0 radical (unpaired) electrons. The second-order valence-corrected chi connectivity index (χ2v) is 5.27. The van der Waals surface area contributed by atoms with Gasteiger partial charge < -0.3 is 10.3 Å². The average Bonchev–Trinajstić information content (AvgIpc) is 2.84. The van der Waals surface area contributed by atoms with E-state index in [0.717, 1.165) is 5.56 Å². The number of nitrogens with zero attached hydrogens (tertiary/aromatic N) is 1. The molecule has 0 saturated heterocycles. The molecule has 0 aliphatic rings. The van der Waals surface area contributed by atoms with Gasteiger partial charge in [0, 0.05) is 15.6 Å². The molecule has 3 nitrogen and oxygen atoms in total. The van der Waals surface area contributed by atoms with Crippen molar-refractivity contribution in [1.29, 1.82) is 0 Å². The standard InChI is InChI=1S/C15H9Cl2FN2O/c16-9-3-1-8(2-4-9)13-14(20-21-15(13)19)11-7-10(17)5-6-12(11)18/h1-7H,19H2. The molecule has 2 N–H and O–H groups in total. The fourth-order valence-corrected chi connectivity index (χ4v) is 2.36. The van der Waals surface area contributed by atoms with Crippen LogP contribution in [0, 0.1) is 5.82 Å². The summed E-state index contributed by atoms with van der Waals surface area (Å²) in [6.45, 7) is 0. The molecule has 3 aromatic rings. The van der Waals surface area contributed by atoms with Crippen LogP contribution in [-0.4, -0.2) is 5.16 Å². The number of nitrogen functional groups attached to an aromatic ring is 1. The molecule has 0 saturated carbocycles. The lowest BCUT2D eigenvalue weighted by Crippen LogP contribution is -1.90. The molecule has 0 fully saturated rings. The Kier molecular flexibility index (Phi) is 3.57. The zero-order valence-electron chi connectivity index (χ0n) is 10.6. The highest BCUT2D eigenvalue weighted by Crippen LogP contribution is 2.38. The van der Waals surface area contributed by atoms with Crippen molar-refractivity contribution in [2.45, 2.75) is 0 Å². The monoisotopic (exact) mass is 322 g/mol. The normalized spacial score (nSPS) is 10.8. The maximum atomic E-state index is 14.0. The van der Waals surface area contributed by atoms with Crippen molar-refractivity contribution in [3.63, 3.8) is 0 Å². The number of rotatable bonds is 2. The number of aromatic nitrogens is 1. The van der Waals surface area contributed by atoms with Gasteiger partial charge in [-0.3, -0.25) is 0 Å². The maximum absolute atomic E-state index is 14.0. The van der Waals surface area contributed by atoms with Crippen LogP contribution in [0.25, 0.3) is 22.4 Å². The summed E-state index contributed by atoms with van der Waals surface area (Å²) in [5.41, 5.74) is 7.59. The van der Waals surface area contributed by atoms with Gasteiger partial charge in [0.1, 0.15) is 11.5 Å². The fraction of sp³-hybridized carbons (Fsp3) is 0. The molecule has 6 heteroatoms. The van der Waals surface area contributed by atoms with Crippen LogP contribution in [0.4, 0.5) is 10.3 Å². The lowest BCUT2D eigenvalue weighted by atomic mass is 10.0. The molecule has 0 aliphatic heterocycles. The second-order valence-electron chi connectivity index (χ2n) is 4.40. The highest BCUT2D eigenvalue weighted by atomic mass is 35.5. The fourth-order valence-electron chi connectivity index (χ4n) is 2.06. The van der Waals surface area contributed by atoms with Crippen LogP contribution < -0.4 is 5.73 Å². The third-order valence-corrected chi connectivity index (χ3v) is 3.52. The van der Waals surface area contributed by atoms with Gasteiger partial charge in [-0.2, -0.15) is 0 Å². The molecule has 21 heavy (non-hydrogen) atoms. The van der Waals surface area contributed by atoms with E-state index in [1.807, 2.05) is 0 Å². The molecule has 0 amide bonds. The van der Waals surface area contributed by atoms with Gasteiger partial charge in [-0.1, -0.05) is 40.5 Å². The molecule has 3 rings (SSSR count). The Morgan fingerprint density at radius 1 is 1.00 bits per heavy atom. The van der Waals surface area contributed by atoms with E-state index in [0.29, 0.717) is 21.3 Å². The molecule has 0 spiro atoms. The van der Waals surface area contributed by atoms with Gasteiger partial charge in [-0.25, -0.2) is 4.39 Å². The Labute approximate surface area is 130 Å². The number of anilines is 1. The first-order valence-corrected chi connectivity index (χ1v) is 6.78. The molecule has 0 aliphatic carbocycles. The highest BCUT2D eigenvalue weighted by Gasteiger charge is 2.20. The Morgan fingerprint density at radius 2 is 1.67 bits per heavy atom. The quantitative estimate of drug-likeness (QED) is 0.719. The van der Waals surface area contributed by atoms with Crippen LogP contribution in [0.3, 0.4) is 0 Å². The summed E-state index contributed by atoms with van der Waals surface area (Å²) in [5.74, 6) is -0.352. The van der Waals surface area contributed by atoms with E-state index in [9.17, 15) is 4.39 Å². The first kappa shape index (κ1) is 13.9. The maximum Gasteiger partial charge on any atom is 0.230 e. The average molecular weight is 323 g/mol.